The molecule has 1 heterocycles. The van der Waals surface area contributed by atoms with Gasteiger partial charge in [-0.05, 0) is 42.9 Å². The van der Waals surface area contributed by atoms with Crippen molar-refractivity contribution in [2.24, 2.45) is 4.99 Å². The van der Waals surface area contributed by atoms with E-state index in [2.05, 4.69) is 54.0 Å². The van der Waals surface area contributed by atoms with Crippen molar-refractivity contribution in [2.45, 2.75) is 52.0 Å². The third-order valence-corrected chi connectivity index (χ3v) is 5.25. The quantitative estimate of drug-likeness (QED) is 0.160. The summed E-state index contributed by atoms with van der Waals surface area (Å²) in [5.74, 6) is 0.835. The first-order valence-electron chi connectivity index (χ1n) is 11.7. The number of benzene rings is 2. The molecule has 3 rings (SSSR count). The zero-order chi connectivity index (χ0) is 22.3. The molecular weight excluding hydrogens is 529 g/mol. The van der Waals surface area contributed by atoms with Crippen molar-refractivity contribution >= 4 is 29.9 Å². The highest BCUT2D eigenvalue weighted by atomic mass is 127. The molecule has 1 fully saturated rings. The molecule has 33 heavy (non-hydrogen) atoms. The van der Waals surface area contributed by atoms with E-state index in [4.69, 9.17) is 19.2 Å². The van der Waals surface area contributed by atoms with Gasteiger partial charge in [-0.15, -0.1) is 24.0 Å². The van der Waals surface area contributed by atoms with E-state index in [9.17, 15) is 0 Å². The Morgan fingerprint density at radius 2 is 1.70 bits per heavy atom. The Bertz CT molecular complexity index is 781. The highest BCUT2D eigenvalue weighted by Gasteiger charge is 2.14. The first kappa shape index (κ1) is 27.6. The average molecular weight is 568 g/mol. The van der Waals surface area contributed by atoms with Gasteiger partial charge in [0.15, 0.2) is 5.96 Å². The SMILES string of the molecule is CCNC(=NCc1ccc(COCc2ccccc2)cc1)NCCCOCC1CCCO1.I. The Labute approximate surface area is 215 Å². The Morgan fingerprint density at radius 1 is 0.970 bits per heavy atom. The summed E-state index contributed by atoms with van der Waals surface area (Å²) in [7, 11) is 0. The van der Waals surface area contributed by atoms with Crippen molar-refractivity contribution in [1.29, 1.82) is 0 Å². The summed E-state index contributed by atoms with van der Waals surface area (Å²) in [5, 5.41) is 6.68. The van der Waals surface area contributed by atoms with Gasteiger partial charge in [-0.3, -0.25) is 0 Å². The average Bonchev–Trinajstić information content (AvgIpc) is 3.35. The minimum atomic E-state index is 0. The van der Waals surface area contributed by atoms with Crippen LogP contribution in [0.1, 0.15) is 42.9 Å². The van der Waals surface area contributed by atoms with Crippen molar-refractivity contribution in [1.82, 2.24) is 10.6 Å². The molecule has 0 spiro atoms. The van der Waals surface area contributed by atoms with E-state index in [1.807, 2.05) is 18.2 Å². The lowest BCUT2D eigenvalue weighted by atomic mass is 10.1. The lowest BCUT2D eigenvalue weighted by Crippen LogP contribution is -2.38. The number of ether oxygens (including phenoxy) is 3. The number of aliphatic imine (C=N–C) groups is 1. The van der Waals surface area contributed by atoms with Crippen LogP contribution in [0.2, 0.25) is 0 Å². The molecule has 0 aliphatic carbocycles. The van der Waals surface area contributed by atoms with Crippen LogP contribution in [0.3, 0.4) is 0 Å². The van der Waals surface area contributed by atoms with Crippen LogP contribution in [-0.4, -0.2) is 45.0 Å². The molecule has 2 N–H and O–H groups in total. The molecule has 2 aromatic rings. The molecule has 182 valence electrons. The molecule has 1 atom stereocenters. The molecule has 1 aliphatic heterocycles. The summed E-state index contributed by atoms with van der Waals surface area (Å²) < 4.78 is 17.1. The van der Waals surface area contributed by atoms with Crippen LogP contribution in [0.15, 0.2) is 59.6 Å². The van der Waals surface area contributed by atoms with E-state index in [0.29, 0.717) is 32.5 Å². The molecule has 1 unspecified atom stereocenters. The monoisotopic (exact) mass is 567 g/mol. The van der Waals surface area contributed by atoms with Crippen LogP contribution in [0, 0.1) is 0 Å². The van der Waals surface area contributed by atoms with Gasteiger partial charge in [-0.2, -0.15) is 0 Å². The first-order valence-corrected chi connectivity index (χ1v) is 11.7. The van der Waals surface area contributed by atoms with Gasteiger partial charge in [0.2, 0.25) is 0 Å². The summed E-state index contributed by atoms with van der Waals surface area (Å²) in [4.78, 5) is 4.70. The van der Waals surface area contributed by atoms with Gasteiger partial charge in [0.25, 0.3) is 0 Å². The molecule has 0 amide bonds. The van der Waals surface area contributed by atoms with Crippen LogP contribution in [-0.2, 0) is 34.0 Å². The highest BCUT2D eigenvalue weighted by Crippen LogP contribution is 2.12. The van der Waals surface area contributed by atoms with E-state index >= 15 is 0 Å². The topological polar surface area (TPSA) is 64.1 Å². The molecule has 0 bridgehead atoms. The second kappa shape index (κ2) is 16.9. The first-order chi connectivity index (χ1) is 15.8. The zero-order valence-electron chi connectivity index (χ0n) is 19.6. The van der Waals surface area contributed by atoms with E-state index in [1.54, 1.807) is 0 Å². The van der Waals surface area contributed by atoms with Gasteiger partial charge in [0, 0.05) is 26.3 Å². The molecule has 0 radical (unpaired) electrons. The van der Waals surface area contributed by atoms with E-state index in [-0.39, 0.29) is 24.0 Å². The maximum atomic E-state index is 5.81. The van der Waals surface area contributed by atoms with Gasteiger partial charge in [-0.1, -0.05) is 54.6 Å². The van der Waals surface area contributed by atoms with Gasteiger partial charge >= 0.3 is 0 Å². The van der Waals surface area contributed by atoms with Crippen molar-refractivity contribution in [2.75, 3.05) is 32.9 Å². The summed E-state index contributed by atoms with van der Waals surface area (Å²) in [6.07, 6.45) is 3.51. The van der Waals surface area contributed by atoms with E-state index in [0.717, 1.165) is 51.5 Å². The second-order valence-electron chi connectivity index (χ2n) is 7.98. The Morgan fingerprint density at radius 3 is 2.39 bits per heavy atom. The molecule has 1 aliphatic rings. The molecular formula is C26H38IN3O3. The van der Waals surface area contributed by atoms with Gasteiger partial charge in [0.1, 0.15) is 0 Å². The molecule has 1 saturated heterocycles. The lowest BCUT2D eigenvalue weighted by molar-refractivity contribution is 0.0168. The van der Waals surface area contributed by atoms with Crippen LogP contribution in [0.25, 0.3) is 0 Å². The van der Waals surface area contributed by atoms with E-state index < -0.39 is 0 Å². The number of hydrogen-bond donors (Lipinski definition) is 2. The van der Waals surface area contributed by atoms with Crippen molar-refractivity contribution in [3.63, 3.8) is 0 Å². The smallest absolute Gasteiger partial charge is 0.191 e. The lowest BCUT2D eigenvalue weighted by Gasteiger charge is -2.13. The molecule has 7 heteroatoms. The number of nitrogens with zero attached hydrogens (tertiary/aromatic N) is 1. The maximum absolute atomic E-state index is 5.81. The molecule has 0 saturated carbocycles. The van der Waals surface area contributed by atoms with Crippen LogP contribution >= 0.6 is 24.0 Å². The van der Waals surface area contributed by atoms with Gasteiger partial charge < -0.3 is 24.8 Å². The fourth-order valence-corrected chi connectivity index (χ4v) is 3.49. The summed E-state index contributed by atoms with van der Waals surface area (Å²) in [5.41, 5.74) is 3.53. The third-order valence-electron chi connectivity index (χ3n) is 5.25. The minimum Gasteiger partial charge on any atom is -0.379 e. The normalized spacial score (nSPS) is 15.8. The number of halogens is 1. The fourth-order valence-electron chi connectivity index (χ4n) is 3.49. The van der Waals surface area contributed by atoms with Crippen LogP contribution < -0.4 is 10.6 Å². The summed E-state index contributed by atoms with van der Waals surface area (Å²) in [6, 6.07) is 18.7. The largest absolute Gasteiger partial charge is 0.379 e. The van der Waals surface area contributed by atoms with Gasteiger partial charge in [0.05, 0.1) is 32.5 Å². The maximum Gasteiger partial charge on any atom is 0.191 e. The summed E-state index contributed by atoms with van der Waals surface area (Å²) >= 11 is 0. The molecule has 0 aromatic heterocycles. The van der Waals surface area contributed by atoms with Gasteiger partial charge in [-0.25, -0.2) is 4.99 Å². The van der Waals surface area contributed by atoms with Crippen molar-refractivity contribution < 1.29 is 14.2 Å². The Kier molecular flexibility index (Phi) is 14.1. The number of rotatable bonds is 13. The van der Waals surface area contributed by atoms with Crippen LogP contribution in [0.5, 0.6) is 0 Å². The standard InChI is InChI=1S/C26H37N3O3.HI/c1-2-27-26(28-15-7-16-30-21-25-10-6-17-32-25)29-18-22-11-13-24(14-12-22)20-31-19-23-8-4-3-5-9-23;/h3-5,8-9,11-14,25H,2,6-7,10,15-21H2,1H3,(H2,27,28,29);1H. The highest BCUT2D eigenvalue weighted by molar-refractivity contribution is 14.0. The van der Waals surface area contributed by atoms with E-state index in [1.165, 1.54) is 16.7 Å². The number of hydrogen-bond acceptors (Lipinski definition) is 4. The summed E-state index contributed by atoms with van der Waals surface area (Å²) in [6.45, 7) is 7.93. The predicted octanol–water partition coefficient (Wildman–Crippen LogP) is 4.66. The Hall–Kier alpha value is -1.68. The van der Waals surface area contributed by atoms with Crippen molar-refractivity contribution in [3.8, 4) is 0 Å². The predicted molar refractivity (Wildman–Crippen MR) is 144 cm³/mol. The minimum absolute atomic E-state index is 0. The van der Waals surface area contributed by atoms with Crippen LogP contribution in [0.4, 0.5) is 0 Å². The van der Waals surface area contributed by atoms with Crippen molar-refractivity contribution in [3.05, 3.63) is 71.3 Å². The second-order valence-corrected chi connectivity index (χ2v) is 7.98. The molecule has 6 nitrogen and oxygen atoms in total. The fraction of sp³-hybridized carbons (Fsp3) is 0.500. The zero-order valence-corrected chi connectivity index (χ0v) is 22.0. The third kappa shape index (κ3) is 11.3. The molecule has 2 aromatic carbocycles. The Balaban J connectivity index is 0.00000385. The number of nitrogens with one attached hydrogen (secondary N) is 2. The number of guanidine groups is 1.